The molecule has 0 aliphatic rings. The van der Waals surface area contributed by atoms with Crippen LogP contribution in [0.25, 0.3) is 22.3 Å². The first-order valence-electron chi connectivity index (χ1n) is 10.8. The van der Waals surface area contributed by atoms with Crippen LogP contribution in [0.2, 0.25) is 0 Å². The highest BCUT2D eigenvalue weighted by Gasteiger charge is 2.22. The molecule has 0 fully saturated rings. The normalized spacial score (nSPS) is 10.6. The van der Waals surface area contributed by atoms with Crippen molar-refractivity contribution in [3.63, 3.8) is 0 Å². The van der Waals surface area contributed by atoms with E-state index in [-0.39, 0.29) is 11.5 Å². The van der Waals surface area contributed by atoms with E-state index in [4.69, 9.17) is 19.9 Å². The predicted molar refractivity (Wildman–Crippen MR) is 132 cm³/mol. The van der Waals surface area contributed by atoms with Crippen LogP contribution in [-0.2, 0) is 6.42 Å². The van der Waals surface area contributed by atoms with Crippen LogP contribution in [0.15, 0.2) is 54.1 Å². The van der Waals surface area contributed by atoms with E-state index < -0.39 is 0 Å². The Morgan fingerprint density at radius 3 is 2.27 bits per heavy atom. The van der Waals surface area contributed by atoms with E-state index in [2.05, 4.69) is 0 Å². The molecule has 4 N–H and O–H groups in total. The number of ether oxygens (including phenoxy) is 3. The number of allylic oxidation sites excluding steroid dienone is 1. The van der Waals surface area contributed by atoms with Crippen LogP contribution in [0, 0.1) is 0 Å². The van der Waals surface area contributed by atoms with Crippen molar-refractivity contribution in [2.24, 2.45) is 0 Å². The molecule has 3 aromatic carbocycles. The maximum Gasteiger partial charge on any atom is 0.170 e. The summed E-state index contributed by atoms with van der Waals surface area (Å²) in [5.74, 6) is 0.980. The maximum atomic E-state index is 11.2. The standard InChI is InChI=1S/C27H31NO5/c1-6-17-13-18(7-9-21(17)28)20-15-24(31-4)25(26(30)27(20)32-5)19-8-10-23(22(29)14-19)33-12-11-16(2)3/h7-11,13-15,29-30H,6,12,28H2,1-5H3. The van der Waals surface area contributed by atoms with Crippen LogP contribution in [0.5, 0.6) is 28.7 Å². The average Bonchev–Trinajstić information content (AvgIpc) is 2.79. The molecule has 0 spiro atoms. The Morgan fingerprint density at radius 2 is 1.67 bits per heavy atom. The van der Waals surface area contributed by atoms with Gasteiger partial charge in [-0.25, -0.2) is 0 Å². The summed E-state index contributed by atoms with van der Waals surface area (Å²) in [4.78, 5) is 0. The van der Waals surface area contributed by atoms with E-state index in [9.17, 15) is 10.2 Å². The third kappa shape index (κ3) is 5.00. The molecule has 0 aliphatic heterocycles. The largest absolute Gasteiger partial charge is 0.504 e. The second-order valence-electron chi connectivity index (χ2n) is 7.93. The van der Waals surface area contributed by atoms with Crippen molar-refractivity contribution in [1.29, 1.82) is 0 Å². The van der Waals surface area contributed by atoms with Gasteiger partial charge in [0.25, 0.3) is 0 Å². The lowest BCUT2D eigenvalue weighted by atomic mass is 9.94. The van der Waals surface area contributed by atoms with Crippen LogP contribution in [0.3, 0.4) is 0 Å². The molecular formula is C27H31NO5. The maximum absolute atomic E-state index is 11.2. The first-order chi connectivity index (χ1) is 15.8. The molecule has 3 aromatic rings. The molecule has 0 aliphatic carbocycles. The number of nitrogens with two attached hydrogens (primary N) is 1. The van der Waals surface area contributed by atoms with Gasteiger partial charge >= 0.3 is 0 Å². The number of phenols is 2. The lowest BCUT2D eigenvalue weighted by Crippen LogP contribution is -1.98. The van der Waals surface area contributed by atoms with Gasteiger partial charge in [0.2, 0.25) is 0 Å². The third-order valence-electron chi connectivity index (χ3n) is 5.46. The Kier molecular flexibility index (Phi) is 7.38. The minimum Gasteiger partial charge on any atom is -0.504 e. The van der Waals surface area contributed by atoms with Crippen molar-refractivity contribution in [1.82, 2.24) is 0 Å². The molecule has 0 radical (unpaired) electrons. The second kappa shape index (κ2) is 10.2. The highest BCUT2D eigenvalue weighted by atomic mass is 16.5. The molecule has 6 heteroatoms. The van der Waals surface area contributed by atoms with E-state index >= 15 is 0 Å². The Hall–Kier alpha value is -3.80. The fourth-order valence-electron chi connectivity index (χ4n) is 3.66. The predicted octanol–water partition coefficient (Wildman–Crippen LogP) is 5.94. The molecule has 3 rings (SSSR count). The average molecular weight is 450 g/mol. The summed E-state index contributed by atoms with van der Waals surface area (Å²) in [6.45, 7) is 6.35. The first kappa shape index (κ1) is 23.9. The van der Waals surface area contributed by atoms with Gasteiger partial charge in [0, 0.05) is 11.3 Å². The summed E-state index contributed by atoms with van der Waals surface area (Å²) >= 11 is 0. The SMILES string of the molecule is CCc1cc(-c2cc(OC)c(-c3ccc(OCC=C(C)C)c(O)c3)c(O)c2OC)ccc1N. The number of phenolic OH excluding ortho intramolecular Hbond substituents is 2. The Morgan fingerprint density at radius 1 is 0.939 bits per heavy atom. The van der Waals surface area contributed by atoms with Gasteiger partial charge in [0.1, 0.15) is 12.4 Å². The van der Waals surface area contributed by atoms with Gasteiger partial charge in [0.05, 0.1) is 19.8 Å². The van der Waals surface area contributed by atoms with E-state index in [1.54, 1.807) is 12.1 Å². The quantitative estimate of drug-likeness (QED) is 0.291. The van der Waals surface area contributed by atoms with Crippen LogP contribution in [-0.4, -0.2) is 31.0 Å². The molecule has 6 nitrogen and oxygen atoms in total. The lowest BCUT2D eigenvalue weighted by Gasteiger charge is -2.19. The highest BCUT2D eigenvalue weighted by molar-refractivity contribution is 5.88. The van der Waals surface area contributed by atoms with Crippen molar-refractivity contribution in [2.75, 3.05) is 26.6 Å². The summed E-state index contributed by atoms with van der Waals surface area (Å²) < 4.78 is 16.8. The Labute approximate surface area is 194 Å². The van der Waals surface area contributed by atoms with E-state index in [0.29, 0.717) is 40.5 Å². The molecule has 0 amide bonds. The molecule has 0 bridgehead atoms. The highest BCUT2D eigenvalue weighted by Crippen LogP contribution is 2.50. The Balaban J connectivity index is 2.11. The molecule has 0 unspecified atom stereocenters. The van der Waals surface area contributed by atoms with Gasteiger partial charge in [-0.3, -0.25) is 0 Å². The second-order valence-corrected chi connectivity index (χ2v) is 7.93. The molecule has 0 saturated carbocycles. The molecule has 0 aromatic heterocycles. The molecule has 0 atom stereocenters. The Bertz CT molecular complexity index is 1180. The van der Waals surface area contributed by atoms with Gasteiger partial charge in [0.15, 0.2) is 23.0 Å². The summed E-state index contributed by atoms with van der Waals surface area (Å²) in [6, 6.07) is 12.5. The molecule has 0 saturated heterocycles. The van der Waals surface area contributed by atoms with Crippen molar-refractivity contribution in [3.05, 3.63) is 59.7 Å². The van der Waals surface area contributed by atoms with E-state index in [1.165, 1.54) is 20.3 Å². The van der Waals surface area contributed by atoms with Gasteiger partial charge in [-0.05, 0) is 73.4 Å². The van der Waals surface area contributed by atoms with Gasteiger partial charge < -0.3 is 30.2 Å². The number of benzene rings is 3. The number of hydrogen-bond donors (Lipinski definition) is 3. The van der Waals surface area contributed by atoms with E-state index in [0.717, 1.165) is 28.8 Å². The number of anilines is 1. The minimum atomic E-state index is -0.0840. The topological polar surface area (TPSA) is 94.2 Å². The molecule has 174 valence electrons. The number of nitrogen functional groups attached to an aromatic ring is 1. The van der Waals surface area contributed by atoms with Crippen LogP contribution < -0.4 is 19.9 Å². The lowest BCUT2D eigenvalue weighted by molar-refractivity contribution is 0.335. The number of rotatable bonds is 8. The summed E-state index contributed by atoms with van der Waals surface area (Å²) in [7, 11) is 3.04. The van der Waals surface area contributed by atoms with Gasteiger partial charge in [-0.1, -0.05) is 24.6 Å². The van der Waals surface area contributed by atoms with Crippen LogP contribution >= 0.6 is 0 Å². The van der Waals surface area contributed by atoms with Crippen molar-refractivity contribution in [3.8, 4) is 51.0 Å². The monoisotopic (exact) mass is 449 g/mol. The fourth-order valence-corrected chi connectivity index (χ4v) is 3.66. The van der Waals surface area contributed by atoms with Gasteiger partial charge in [-0.15, -0.1) is 0 Å². The number of methoxy groups -OCH3 is 2. The minimum absolute atomic E-state index is 0.0368. The summed E-state index contributed by atoms with van der Waals surface area (Å²) in [5, 5.41) is 21.7. The molecule has 0 heterocycles. The zero-order valence-corrected chi connectivity index (χ0v) is 19.7. The third-order valence-corrected chi connectivity index (χ3v) is 5.46. The summed E-state index contributed by atoms with van der Waals surface area (Å²) in [5.41, 5.74) is 11.4. The van der Waals surface area contributed by atoms with Crippen LogP contribution in [0.1, 0.15) is 26.3 Å². The van der Waals surface area contributed by atoms with Crippen molar-refractivity contribution < 1.29 is 24.4 Å². The van der Waals surface area contributed by atoms with Crippen LogP contribution in [0.4, 0.5) is 5.69 Å². The van der Waals surface area contributed by atoms with Crippen molar-refractivity contribution >= 4 is 5.69 Å². The number of aromatic hydroxyl groups is 2. The van der Waals surface area contributed by atoms with Gasteiger partial charge in [-0.2, -0.15) is 0 Å². The summed E-state index contributed by atoms with van der Waals surface area (Å²) in [6.07, 6.45) is 2.71. The van der Waals surface area contributed by atoms with Crippen molar-refractivity contribution in [2.45, 2.75) is 27.2 Å². The fraction of sp³-hybridized carbons (Fsp3) is 0.259. The smallest absolute Gasteiger partial charge is 0.170 e. The molecular weight excluding hydrogens is 418 g/mol. The van der Waals surface area contributed by atoms with E-state index in [1.807, 2.05) is 51.1 Å². The first-order valence-corrected chi connectivity index (χ1v) is 10.8. The number of hydrogen-bond acceptors (Lipinski definition) is 6. The zero-order chi connectivity index (χ0) is 24.1. The zero-order valence-electron chi connectivity index (χ0n) is 19.7. The molecule has 33 heavy (non-hydrogen) atoms. The number of aryl methyl sites for hydroxylation is 1.